The first-order chi connectivity index (χ1) is 16.7. The Hall–Kier alpha value is -3.88. The van der Waals surface area contributed by atoms with E-state index < -0.39 is 24.5 Å². The van der Waals surface area contributed by atoms with Crippen molar-refractivity contribution in [2.24, 2.45) is 0 Å². The molecule has 0 saturated carbocycles. The van der Waals surface area contributed by atoms with Crippen LogP contribution in [0.1, 0.15) is 54.0 Å². The summed E-state index contributed by atoms with van der Waals surface area (Å²) in [7, 11) is 0. The molecule has 35 heavy (non-hydrogen) atoms. The van der Waals surface area contributed by atoms with E-state index in [0.717, 1.165) is 11.3 Å². The van der Waals surface area contributed by atoms with E-state index >= 15 is 0 Å². The number of nitrogens with one attached hydrogen (secondary N) is 1. The molecule has 0 aliphatic carbocycles. The molecule has 1 heterocycles. The molecule has 0 unspecified atom stereocenters. The van der Waals surface area contributed by atoms with Crippen LogP contribution in [-0.4, -0.2) is 56.0 Å². The normalized spacial score (nSPS) is 13.0. The molecule has 3 rings (SSSR count). The van der Waals surface area contributed by atoms with E-state index in [9.17, 15) is 19.2 Å². The molecule has 1 aliphatic heterocycles. The molecule has 9 heteroatoms. The van der Waals surface area contributed by atoms with Gasteiger partial charge in [0, 0.05) is 30.3 Å². The average Bonchev–Trinajstić information content (AvgIpc) is 3.27. The number of ketones is 1. The number of nitrogens with zero attached hydrogens (tertiary/aromatic N) is 1. The zero-order valence-electron chi connectivity index (χ0n) is 20.4. The summed E-state index contributed by atoms with van der Waals surface area (Å²) in [6.45, 7) is 7.70. The third-order valence-corrected chi connectivity index (χ3v) is 5.52. The molecule has 2 amide bonds. The van der Waals surface area contributed by atoms with Crippen molar-refractivity contribution in [3.63, 3.8) is 0 Å². The monoisotopic (exact) mass is 482 g/mol. The molecular formula is C26H30N2O7. The second kappa shape index (κ2) is 11.5. The predicted octanol–water partition coefficient (Wildman–Crippen LogP) is 2.94. The Morgan fingerprint density at radius 2 is 1.66 bits per heavy atom. The minimum atomic E-state index is -1.03. The number of carbonyl (C=O) groups is 4. The first kappa shape index (κ1) is 25.7. The van der Waals surface area contributed by atoms with Crippen LogP contribution in [-0.2, 0) is 20.7 Å². The highest BCUT2D eigenvalue weighted by atomic mass is 16.5. The van der Waals surface area contributed by atoms with Crippen LogP contribution in [0.2, 0.25) is 0 Å². The number of ether oxygens (including phenoxy) is 3. The highest BCUT2D eigenvalue weighted by Crippen LogP contribution is 2.30. The van der Waals surface area contributed by atoms with Crippen molar-refractivity contribution in [1.29, 1.82) is 0 Å². The summed E-state index contributed by atoms with van der Waals surface area (Å²) < 4.78 is 16.2. The van der Waals surface area contributed by atoms with E-state index in [2.05, 4.69) is 5.32 Å². The van der Waals surface area contributed by atoms with Crippen LogP contribution in [0.15, 0.2) is 36.4 Å². The van der Waals surface area contributed by atoms with E-state index in [1.807, 2.05) is 13.8 Å². The number of hydrogen-bond donors (Lipinski definition) is 1. The van der Waals surface area contributed by atoms with E-state index in [-0.39, 0.29) is 11.7 Å². The molecule has 0 aromatic heterocycles. The number of esters is 1. The molecule has 0 saturated heterocycles. The second-order valence-electron chi connectivity index (χ2n) is 7.97. The number of fused-ring (bicyclic) bond motifs is 1. The quantitative estimate of drug-likeness (QED) is 0.409. The zero-order chi connectivity index (χ0) is 25.5. The SMILES string of the molecule is CCOc1ccc(C(=O)NCC(=O)O[C@H](C)C(=O)c2ccc3c(c2)CCN3C(C)=O)cc1OCC. The van der Waals surface area contributed by atoms with Gasteiger partial charge in [0.15, 0.2) is 17.6 Å². The Bertz CT molecular complexity index is 1130. The number of carbonyl (C=O) groups excluding carboxylic acids is 4. The van der Waals surface area contributed by atoms with Crippen LogP contribution in [0.5, 0.6) is 11.5 Å². The second-order valence-corrected chi connectivity index (χ2v) is 7.97. The van der Waals surface area contributed by atoms with E-state index in [1.54, 1.807) is 41.3 Å². The van der Waals surface area contributed by atoms with Gasteiger partial charge in [0.1, 0.15) is 6.54 Å². The van der Waals surface area contributed by atoms with Crippen molar-refractivity contribution < 1.29 is 33.4 Å². The number of benzene rings is 2. The van der Waals surface area contributed by atoms with Crippen LogP contribution >= 0.6 is 0 Å². The smallest absolute Gasteiger partial charge is 0.326 e. The molecule has 0 radical (unpaired) electrons. The van der Waals surface area contributed by atoms with Gasteiger partial charge in [-0.15, -0.1) is 0 Å². The molecule has 0 bridgehead atoms. The molecule has 186 valence electrons. The Morgan fingerprint density at radius 1 is 0.971 bits per heavy atom. The Kier molecular flexibility index (Phi) is 8.46. The Morgan fingerprint density at radius 3 is 2.34 bits per heavy atom. The number of amides is 2. The minimum absolute atomic E-state index is 0.0495. The molecule has 2 aromatic carbocycles. The van der Waals surface area contributed by atoms with E-state index in [0.29, 0.717) is 48.8 Å². The van der Waals surface area contributed by atoms with Crippen molar-refractivity contribution in [3.8, 4) is 11.5 Å². The lowest BCUT2D eigenvalue weighted by Gasteiger charge is -2.16. The van der Waals surface area contributed by atoms with Crippen LogP contribution in [0, 0.1) is 0 Å². The lowest BCUT2D eigenvalue weighted by molar-refractivity contribution is -0.145. The first-order valence-corrected chi connectivity index (χ1v) is 11.6. The zero-order valence-corrected chi connectivity index (χ0v) is 20.4. The van der Waals surface area contributed by atoms with Gasteiger partial charge in [0.2, 0.25) is 11.7 Å². The fourth-order valence-electron chi connectivity index (χ4n) is 3.86. The van der Waals surface area contributed by atoms with Gasteiger partial charge in [-0.1, -0.05) is 0 Å². The van der Waals surface area contributed by atoms with Crippen molar-refractivity contribution in [2.75, 3.05) is 31.2 Å². The summed E-state index contributed by atoms with van der Waals surface area (Å²) in [5.74, 6) is -0.673. The average molecular weight is 483 g/mol. The van der Waals surface area contributed by atoms with Crippen molar-refractivity contribution >= 4 is 29.3 Å². The van der Waals surface area contributed by atoms with E-state index in [1.165, 1.54) is 13.8 Å². The summed E-state index contributed by atoms with van der Waals surface area (Å²) >= 11 is 0. The third-order valence-electron chi connectivity index (χ3n) is 5.52. The van der Waals surface area contributed by atoms with Gasteiger partial charge in [0.25, 0.3) is 5.91 Å². The fraction of sp³-hybridized carbons (Fsp3) is 0.385. The summed E-state index contributed by atoms with van der Waals surface area (Å²) in [6.07, 6.45) is -0.370. The van der Waals surface area contributed by atoms with Gasteiger partial charge < -0.3 is 24.4 Å². The number of rotatable bonds is 10. The lowest BCUT2D eigenvalue weighted by Crippen LogP contribution is -2.34. The first-order valence-electron chi connectivity index (χ1n) is 11.6. The maximum Gasteiger partial charge on any atom is 0.326 e. The number of hydrogen-bond acceptors (Lipinski definition) is 7. The molecule has 1 N–H and O–H groups in total. The molecule has 1 atom stereocenters. The van der Waals surface area contributed by atoms with Crippen LogP contribution in [0.3, 0.4) is 0 Å². The third kappa shape index (κ3) is 6.17. The Balaban J connectivity index is 1.56. The van der Waals surface area contributed by atoms with Gasteiger partial charge in [-0.05, 0) is 69.2 Å². The van der Waals surface area contributed by atoms with Crippen molar-refractivity contribution in [1.82, 2.24) is 5.32 Å². The topological polar surface area (TPSA) is 111 Å². The molecule has 0 fully saturated rings. The fourth-order valence-corrected chi connectivity index (χ4v) is 3.86. The number of Topliss-reactive ketones (excluding diaryl/α,β-unsaturated/α-hetero) is 1. The van der Waals surface area contributed by atoms with E-state index in [4.69, 9.17) is 14.2 Å². The molecule has 1 aliphatic rings. The predicted molar refractivity (Wildman–Crippen MR) is 129 cm³/mol. The van der Waals surface area contributed by atoms with Crippen molar-refractivity contribution in [2.45, 2.75) is 40.2 Å². The van der Waals surface area contributed by atoms with Gasteiger partial charge in [-0.25, -0.2) is 0 Å². The minimum Gasteiger partial charge on any atom is -0.490 e. The molecular weight excluding hydrogens is 452 g/mol. The molecule has 0 spiro atoms. The molecule has 9 nitrogen and oxygen atoms in total. The molecule has 2 aromatic rings. The summed E-state index contributed by atoms with van der Waals surface area (Å²) in [5, 5.41) is 2.49. The van der Waals surface area contributed by atoms with Crippen molar-refractivity contribution in [3.05, 3.63) is 53.1 Å². The Labute approximate surface area is 204 Å². The van der Waals surface area contributed by atoms with Crippen LogP contribution in [0.25, 0.3) is 0 Å². The van der Waals surface area contributed by atoms with Crippen LogP contribution in [0.4, 0.5) is 5.69 Å². The van der Waals surface area contributed by atoms with Gasteiger partial charge >= 0.3 is 5.97 Å². The number of anilines is 1. The summed E-state index contributed by atoms with van der Waals surface area (Å²) in [6, 6.07) is 9.84. The summed E-state index contributed by atoms with van der Waals surface area (Å²) in [4.78, 5) is 50.9. The van der Waals surface area contributed by atoms with Crippen LogP contribution < -0.4 is 19.7 Å². The lowest BCUT2D eigenvalue weighted by atomic mass is 10.0. The highest BCUT2D eigenvalue weighted by molar-refractivity contribution is 6.02. The maximum atomic E-state index is 12.8. The highest BCUT2D eigenvalue weighted by Gasteiger charge is 2.25. The summed E-state index contributed by atoms with van der Waals surface area (Å²) in [5.41, 5.74) is 2.39. The largest absolute Gasteiger partial charge is 0.490 e. The standard InChI is InChI=1S/C26H30N2O7/c1-5-33-22-10-8-20(14-23(22)34-6-2)26(32)27-15-24(30)35-16(3)25(31)19-7-9-21-18(13-19)11-12-28(21)17(4)29/h7-10,13-14,16H,5-6,11-12,15H2,1-4H3,(H,27,32)/t16-/m1/s1. The van der Waals surface area contributed by atoms with Gasteiger partial charge in [-0.3, -0.25) is 19.2 Å². The van der Waals surface area contributed by atoms with Gasteiger partial charge in [-0.2, -0.15) is 0 Å². The van der Waals surface area contributed by atoms with Gasteiger partial charge in [0.05, 0.1) is 13.2 Å². The maximum absolute atomic E-state index is 12.8.